The smallest absolute Gasteiger partial charge is 0.448 e. The summed E-state index contributed by atoms with van der Waals surface area (Å²) in [6, 6.07) is 7.85. The highest BCUT2D eigenvalue weighted by atomic mass is 32.1. The van der Waals surface area contributed by atoms with Gasteiger partial charge >= 0.3 is 12.3 Å². The zero-order chi connectivity index (χ0) is 17.7. The third kappa shape index (κ3) is 5.27. The first kappa shape index (κ1) is 17.8. The van der Waals surface area contributed by atoms with Crippen molar-refractivity contribution in [2.75, 3.05) is 5.32 Å². The van der Waals surface area contributed by atoms with Crippen LogP contribution >= 0.6 is 11.3 Å². The number of esters is 1. The predicted octanol–water partition coefficient (Wildman–Crippen LogP) is 3.83. The summed E-state index contributed by atoms with van der Waals surface area (Å²) in [7, 11) is 0. The Bertz CT molecular complexity index is 699. The van der Waals surface area contributed by atoms with Crippen LogP contribution in [0.25, 0.3) is 0 Å². The molecule has 1 N–H and O–H groups in total. The molecule has 0 aliphatic rings. The van der Waals surface area contributed by atoms with Crippen molar-refractivity contribution in [2.24, 2.45) is 0 Å². The molecule has 9 heteroatoms. The van der Waals surface area contributed by atoms with Crippen LogP contribution in [-0.4, -0.2) is 24.3 Å². The minimum absolute atomic E-state index is 0.244. The molecule has 1 amide bonds. The molecule has 2 rings (SSSR count). The molecule has 0 fully saturated rings. The second-order valence-corrected chi connectivity index (χ2v) is 5.53. The van der Waals surface area contributed by atoms with Gasteiger partial charge in [-0.1, -0.05) is 6.07 Å². The third-order valence-electron chi connectivity index (χ3n) is 2.73. The van der Waals surface area contributed by atoms with Crippen LogP contribution in [0.2, 0.25) is 0 Å². The van der Waals surface area contributed by atoms with Crippen molar-refractivity contribution in [3.8, 4) is 5.75 Å². The van der Waals surface area contributed by atoms with Gasteiger partial charge < -0.3 is 14.8 Å². The summed E-state index contributed by atoms with van der Waals surface area (Å²) < 4.78 is 44.9. The second-order valence-electron chi connectivity index (χ2n) is 4.59. The number of amides is 1. The first-order valence-electron chi connectivity index (χ1n) is 6.66. The number of halogens is 3. The average Bonchev–Trinajstić information content (AvgIpc) is 3.02. The van der Waals surface area contributed by atoms with Gasteiger partial charge in [-0.3, -0.25) is 4.79 Å². The van der Waals surface area contributed by atoms with Crippen molar-refractivity contribution in [2.45, 2.75) is 19.4 Å². The normalized spacial score (nSPS) is 12.3. The molecule has 5 nitrogen and oxygen atoms in total. The highest BCUT2D eigenvalue weighted by molar-refractivity contribution is 7.11. The first-order valence-corrected chi connectivity index (χ1v) is 7.54. The van der Waals surface area contributed by atoms with Gasteiger partial charge in [0.25, 0.3) is 5.91 Å². The van der Waals surface area contributed by atoms with Crippen LogP contribution in [0.3, 0.4) is 0 Å². The number of hydrogen-bond acceptors (Lipinski definition) is 5. The Morgan fingerprint density at radius 3 is 2.38 bits per heavy atom. The highest BCUT2D eigenvalue weighted by Crippen LogP contribution is 2.24. The Morgan fingerprint density at radius 2 is 1.83 bits per heavy atom. The monoisotopic (exact) mass is 359 g/mol. The number of anilines is 1. The molecule has 2 aromatic rings. The van der Waals surface area contributed by atoms with Crippen molar-refractivity contribution < 1.29 is 32.2 Å². The molecule has 0 saturated carbocycles. The molecule has 0 spiro atoms. The largest absolute Gasteiger partial charge is 0.573 e. The zero-order valence-corrected chi connectivity index (χ0v) is 13.1. The minimum Gasteiger partial charge on any atom is -0.448 e. The molecule has 0 bridgehead atoms. The predicted molar refractivity (Wildman–Crippen MR) is 81.0 cm³/mol. The second kappa shape index (κ2) is 7.35. The number of thiophene rings is 1. The number of rotatable bonds is 5. The molecule has 24 heavy (non-hydrogen) atoms. The lowest BCUT2D eigenvalue weighted by Crippen LogP contribution is -2.29. The van der Waals surface area contributed by atoms with E-state index >= 15 is 0 Å². The lowest BCUT2D eigenvalue weighted by Gasteiger charge is -2.13. The number of benzene rings is 1. The molecule has 1 aromatic heterocycles. The van der Waals surface area contributed by atoms with Gasteiger partial charge in [-0.25, -0.2) is 4.79 Å². The molecular weight excluding hydrogens is 347 g/mol. The Kier molecular flexibility index (Phi) is 5.45. The van der Waals surface area contributed by atoms with Crippen LogP contribution in [0.4, 0.5) is 18.9 Å². The summed E-state index contributed by atoms with van der Waals surface area (Å²) >= 11 is 1.18. The van der Waals surface area contributed by atoms with Crippen molar-refractivity contribution in [1.29, 1.82) is 0 Å². The lowest BCUT2D eigenvalue weighted by atomic mass is 10.3. The molecule has 0 aliphatic heterocycles. The van der Waals surface area contributed by atoms with Crippen LogP contribution in [0.1, 0.15) is 16.6 Å². The van der Waals surface area contributed by atoms with Gasteiger partial charge in [0.05, 0.1) is 0 Å². The van der Waals surface area contributed by atoms with E-state index in [4.69, 9.17) is 4.74 Å². The van der Waals surface area contributed by atoms with Crippen molar-refractivity contribution in [3.05, 3.63) is 46.7 Å². The molecule has 1 atom stereocenters. The summed E-state index contributed by atoms with van der Waals surface area (Å²) in [5.41, 5.74) is 0.244. The van der Waals surface area contributed by atoms with Gasteiger partial charge in [-0.15, -0.1) is 24.5 Å². The standard InChI is InChI=1S/C15H12F3NO4S/c1-9(22-14(21)12-3-2-8-24-12)13(20)19-10-4-6-11(7-5-10)23-15(16,17)18/h2-9H,1H3,(H,19,20)/t9-/m1/s1. The SMILES string of the molecule is C[C@@H](OC(=O)c1cccs1)C(=O)Nc1ccc(OC(F)(F)F)cc1. The van der Waals surface area contributed by atoms with Crippen molar-refractivity contribution in [3.63, 3.8) is 0 Å². The van der Waals surface area contributed by atoms with Gasteiger partial charge in [0.1, 0.15) is 10.6 Å². The molecule has 128 valence electrons. The van der Waals surface area contributed by atoms with E-state index in [2.05, 4.69) is 10.1 Å². The molecule has 1 heterocycles. The van der Waals surface area contributed by atoms with Crippen molar-refractivity contribution in [1.82, 2.24) is 0 Å². The van der Waals surface area contributed by atoms with E-state index in [0.29, 0.717) is 4.88 Å². The highest BCUT2D eigenvalue weighted by Gasteiger charge is 2.31. The fourth-order valence-electron chi connectivity index (χ4n) is 1.65. The summed E-state index contributed by atoms with van der Waals surface area (Å²) in [4.78, 5) is 24.0. The number of alkyl halides is 3. The van der Waals surface area contributed by atoms with Gasteiger partial charge in [0.2, 0.25) is 0 Å². The Morgan fingerprint density at radius 1 is 1.17 bits per heavy atom. The van der Waals surface area contributed by atoms with E-state index in [-0.39, 0.29) is 5.69 Å². The maximum absolute atomic E-state index is 12.1. The third-order valence-corrected chi connectivity index (χ3v) is 3.58. The van der Waals surface area contributed by atoms with Crippen LogP contribution in [-0.2, 0) is 9.53 Å². The molecule has 1 aromatic carbocycles. The topological polar surface area (TPSA) is 64.6 Å². The van der Waals surface area contributed by atoms with E-state index in [1.807, 2.05) is 0 Å². The quantitative estimate of drug-likeness (QED) is 0.824. The number of carbonyl (C=O) groups excluding carboxylic acids is 2. The van der Waals surface area contributed by atoms with Crippen molar-refractivity contribution >= 4 is 28.9 Å². The molecule has 0 radical (unpaired) electrons. The molecular formula is C15H12F3NO4S. The fraction of sp³-hybridized carbons (Fsp3) is 0.200. The van der Waals surface area contributed by atoms with E-state index in [0.717, 1.165) is 12.1 Å². The summed E-state index contributed by atoms with van der Waals surface area (Å²) in [5, 5.41) is 4.13. The molecule has 0 unspecified atom stereocenters. The van der Waals surface area contributed by atoms with Crippen LogP contribution in [0, 0.1) is 0 Å². The van der Waals surface area contributed by atoms with Crippen LogP contribution in [0.5, 0.6) is 5.75 Å². The first-order chi connectivity index (χ1) is 11.2. The Labute approximate surface area is 139 Å². The lowest BCUT2D eigenvalue weighted by molar-refractivity contribution is -0.274. The summed E-state index contributed by atoms with van der Waals surface area (Å²) in [5.74, 6) is -1.64. The summed E-state index contributed by atoms with van der Waals surface area (Å²) in [6.45, 7) is 1.39. The van der Waals surface area contributed by atoms with Crippen LogP contribution < -0.4 is 10.1 Å². The van der Waals surface area contributed by atoms with E-state index in [1.165, 1.54) is 30.4 Å². The average molecular weight is 359 g/mol. The van der Waals surface area contributed by atoms with E-state index in [1.54, 1.807) is 17.5 Å². The number of hydrogen-bond donors (Lipinski definition) is 1. The number of nitrogens with one attached hydrogen (secondary N) is 1. The van der Waals surface area contributed by atoms with Gasteiger partial charge in [-0.2, -0.15) is 0 Å². The minimum atomic E-state index is -4.78. The summed E-state index contributed by atoms with van der Waals surface area (Å²) in [6.07, 6.45) is -5.85. The molecule has 0 saturated heterocycles. The Hall–Kier alpha value is -2.55. The Balaban J connectivity index is 1.90. The zero-order valence-electron chi connectivity index (χ0n) is 12.3. The van der Waals surface area contributed by atoms with Crippen LogP contribution in [0.15, 0.2) is 41.8 Å². The van der Waals surface area contributed by atoms with Gasteiger partial charge in [0.15, 0.2) is 6.10 Å². The van der Waals surface area contributed by atoms with Gasteiger partial charge in [-0.05, 0) is 42.6 Å². The fourth-order valence-corrected chi connectivity index (χ4v) is 2.26. The van der Waals surface area contributed by atoms with E-state index in [9.17, 15) is 22.8 Å². The van der Waals surface area contributed by atoms with Gasteiger partial charge in [0, 0.05) is 5.69 Å². The number of carbonyl (C=O) groups is 2. The number of ether oxygens (including phenoxy) is 2. The maximum atomic E-state index is 12.1. The molecule has 0 aliphatic carbocycles. The maximum Gasteiger partial charge on any atom is 0.573 e. The van der Waals surface area contributed by atoms with E-state index < -0.39 is 30.1 Å².